The molecule has 0 spiro atoms. The van der Waals surface area contributed by atoms with Crippen molar-refractivity contribution in [2.45, 2.75) is 25.9 Å². The fourth-order valence-corrected chi connectivity index (χ4v) is 4.31. The second-order valence-corrected chi connectivity index (χ2v) is 9.26. The number of nitrogens with one attached hydrogen (secondary N) is 3. The molecule has 3 aromatic rings. The predicted octanol–water partition coefficient (Wildman–Crippen LogP) is 4.67. The molecule has 3 N–H and O–H groups in total. The van der Waals surface area contributed by atoms with Crippen LogP contribution in [0.1, 0.15) is 19.8 Å². The molecule has 0 bridgehead atoms. The highest BCUT2D eigenvalue weighted by molar-refractivity contribution is 6.30. The van der Waals surface area contributed by atoms with Crippen LogP contribution in [-0.4, -0.2) is 65.5 Å². The van der Waals surface area contributed by atoms with Gasteiger partial charge in [-0.15, -0.1) is 24.8 Å². The molecule has 1 aliphatic heterocycles. The summed E-state index contributed by atoms with van der Waals surface area (Å²) in [5.74, 6) is 1.52. The van der Waals surface area contributed by atoms with E-state index in [0.29, 0.717) is 29.8 Å². The van der Waals surface area contributed by atoms with Gasteiger partial charge in [0.15, 0.2) is 5.82 Å². The lowest BCUT2D eigenvalue weighted by Gasteiger charge is -2.31. The van der Waals surface area contributed by atoms with Crippen molar-refractivity contribution < 1.29 is 14.3 Å². The van der Waals surface area contributed by atoms with Gasteiger partial charge in [-0.1, -0.05) is 29.8 Å². The Morgan fingerprint density at radius 2 is 1.82 bits per heavy atom. The molecule has 1 aromatic heterocycles. The molecule has 0 unspecified atom stereocenters. The lowest BCUT2D eigenvalue weighted by atomic mass is 10.1. The van der Waals surface area contributed by atoms with Crippen LogP contribution in [0.4, 0.5) is 11.5 Å². The van der Waals surface area contributed by atoms with Crippen LogP contribution in [0.15, 0.2) is 60.8 Å². The minimum atomic E-state index is -0.124. The molecule has 1 saturated heterocycles. The molecule has 1 aliphatic rings. The number of carbonyl (C=O) groups is 2. The molecule has 0 saturated carbocycles. The Kier molecular flexibility index (Phi) is 13.3. The van der Waals surface area contributed by atoms with Crippen molar-refractivity contribution in [3.8, 4) is 17.1 Å². The zero-order chi connectivity index (χ0) is 26.0. The van der Waals surface area contributed by atoms with E-state index in [9.17, 15) is 9.59 Å². The van der Waals surface area contributed by atoms with Gasteiger partial charge < -0.3 is 20.7 Å². The van der Waals surface area contributed by atoms with Gasteiger partial charge in [-0.05, 0) is 49.2 Å². The lowest BCUT2D eigenvalue weighted by Crippen LogP contribution is -2.42. The molecule has 9 nitrogen and oxygen atoms in total. The molecule has 12 heteroatoms. The fourth-order valence-electron chi connectivity index (χ4n) is 4.13. The molecular weight excluding hydrogens is 563 g/mol. The second-order valence-electron chi connectivity index (χ2n) is 8.82. The first-order valence-electron chi connectivity index (χ1n) is 12.3. The van der Waals surface area contributed by atoms with E-state index >= 15 is 0 Å². The zero-order valence-electron chi connectivity index (χ0n) is 21.6. The third kappa shape index (κ3) is 10.2. The van der Waals surface area contributed by atoms with Crippen molar-refractivity contribution in [2.24, 2.45) is 0 Å². The number of halogens is 3. The van der Waals surface area contributed by atoms with Crippen molar-refractivity contribution >= 4 is 59.7 Å². The molecule has 1 fully saturated rings. The van der Waals surface area contributed by atoms with E-state index in [4.69, 9.17) is 16.3 Å². The normalized spacial score (nSPS) is 13.4. The van der Waals surface area contributed by atoms with Gasteiger partial charge in [0.1, 0.15) is 17.7 Å². The number of anilines is 2. The van der Waals surface area contributed by atoms with Crippen LogP contribution in [0.3, 0.4) is 0 Å². The maximum absolute atomic E-state index is 12.7. The number of carbonyl (C=O) groups excluding carboxylic acids is 2. The highest BCUT2D eigenvalue weighted by Crippen LogP contribution is 2.25. The maximum atomic E-state index is 12.7. The van der Waals surface area contributed by atoms with Gasteiger partial charge in [-0.3, -0.25) is 14.5 Å². The van der Waals surface area contributed by atoms with E-state index in [-0.39, 0.29) is 49.3 Å². The van der Waals surface area contributed by atoms with Gasteiger partial charge in [0.05, 0.1) is 6.54 Å². The van der Waals surface area contributed by atoms with Crippen molar-refractivity contribution in [1.82, 2.24) is 20.2 Å². The fraction of sp³-hybridized carbons (Fsp3) is 0.333. The summed E-state index contributed by atoms with van der Waals surface area (Å²) in [6.45, 7) is 4.38. The molecule has 2 amide bonds. The number of ether oxygens (including phenoxy) is 1. The number of para-hydroxylation sites is 1. The molecule has 210 valence electrons. The molecule has 4 rings (SSSR count). The molecule has 0 radical (unpaired) electrons. The van der Waals surface area contributed by atoms with E-state index in [1.807, 2.05) is 48.5 Å². The van der Waals surface area contributed by atoms with Crippen molar-refractivity contribution in [1.29, 1.82) is 0 Å². The summed E-state index contributed by atoms with van der Waals surface area (Å²) in [5, 5.41) is 9.61. The Balaban J connectivity index is 0.00000267. The van der Waals surface area contributed by atoms with Gasteiger partial charge in [-0.2, -0.15) is 0 Å². The Morgan fingerprint density at radius 3 is 2.56 bits per heavy atom. The molecule has 2 heterocycles. The summed E-state index contributed by atoms with van der Waals surface area (Å²) < 4.78 is 6.04. The minimum Gasteiger partial charge on any atom is -0.490 e. The van der Waals surface area contributed by atoms with E-state index in [1.165, 1.54) is 6.92 Å². The number of hydrogen-bond acceptors (Lipinski definition) is 7. The summed E-state index contributed by atoms with van der Waals surface area (Å²) >= 11 is 6.04. The SMILES string of the molecule is CC(=O)NCCNc1ccccc1-c1nccc(NC(=O)CN2CCC(Oc3cccc(Cl)c3)CC2)n1.Cl.Cl. The molecule has 0 atom stereocenters. The summed E-state index contributed by atoms with van der Waals surface area (Å²) in [4.78, 5) is 34.9. The number of aromatic nitrogens is 2. The number of benzene rings is 2. The van der Waals surface area contributed by atoms with Crippen LogP contribution in [0.25, 0.3) is 11.4 Å². The summed E-state index contributed by atoms with van der Waals surface area (Å²) in [5.41, 5.74) is 1.65. The molecule has 2 aromatic carbocycles. The maximum Gasteiger partial charge on any atom is 0.239 e. The highest BCUT2D eigenvalue weighted by Gasteiger charge is 2.22. The van der Waals surface area contributed by atoms with Crippen molar-refractivity contribution in [3.05, 3.63) is 65.8 Å². The quantitative estimate of drug-likeness (QED) is 0.292. The van der Waals surface area contributed by atoms with Gasteiger partial charge in [-0.25, -0.2) is 9.97 Å². The van der Waals surface area contributed by atoms with Gasteiger partial charge in [0, 0.05) is 55.6 Å². The monoisotopic (exact) mass is 594 g/mol. The Labute approximate surface area is 245 Å². The summed E-state index contributed by atoms with van der Waals surface area (Å²) in [6.07, 6.45) is 3.41. The first-order valence-corrected chi connectivity index (χ1v) is 12.7. The third-order valence-corrected chi connectivity index (χ3v) is 6.14. The van der Waals surface area contributed by atoms with Crippen molar-refractivity contribution in [2.75, 3.05) is 43.4 Å². The predicted molar refractivity (Wildman–Crippen MR) is 159 cm³/mol. The number of piperidine rings is 1. The molecule has 0 aliphatic carbocycles. The van der Waals surface area contributed by atoms with Crippen LogP contribution in [0, 0.1) is 0 Å². The summed E-state index contributed by atoms with van der Waals surface area (Å²) in [7, 11) is 0. The van der Waals surface area contributed by atoms with Crippen LogP contribution in [0.2, 0.25) is 5.02 Å². The van der Waals surface area contributed by atoms with E-state index in [1.54, 1.807) is 12.3 Å². The number of amides is 2. The Hall–Kier alpha value is -3.11. The number of rotatable bonds is 10. The standard InChI is InChI=1S/C27H31ClN6O3.2ClH/c1-19(35)29-13-14-30-24-8-3-2-7-23(24)27-31-12-9-25(33-27)32-26(36)18-34-15-10-21(11-16-34)37-22-6-4-5-20(28)17-22;;/h2-9,12,17,21,30H,10-11,13-16,18H2,1H3,(H,29,35)(H,31,32,33,36);2*1H. The van der Waals surface area contributed by atoms with Crippen LogP contribution >= 0.6 is 36.4 Å². The average Bonchev–Trinajstić information content (AvgIpc) is 2.88. The average molecular weight is 596 g/mol. The summed E-state index contributed by atoms with van der Waals surface area (Å²) in [6, 6.07) is 16.8. The number of likely N-dealkylation sites (tertiary alicyclic amines) is 1. The van der Waals surface area contributed by atoms with Gasteiger partial charge >= 0.3 is 0 Å². The van der Waals surface area contributed by atoms with Crippen LogP contribution in [0.5, 0.6) is 5.75 Å². The lowest BCUT2D eigenvalue weighted by molar-refractivity contribution is -0.119. The first-order chi connectivity index (χ1) is 18.0. The van der Waals surface area contributed by atoms with E-state index < -0.39 is 0 Å². The molecule has 39 heavy (non-hydrogen) atoms. The van der Waals surface area contributed by atoms with Gasteiger partial charge in [0.2, 0.25) is 11.8 Å². The zero-order valence-corrected chi connectivity index (χ0v) is 24.0. The number of hydrogen-bond donors (Lipinski definition) is 3. The Morgan fingerprint density at radius 1 is 1.05 bits per heavy atom. The largest absolute Gasteiger partial charge is 0.490 e. The number of nitrogens with zero attached hydrogens (tertiary/aromatic N) is 3. The van der Waals surface area contributed by atoms with E-state index in [2.05, 4.69) is 30.8 Å². The minimum absolute atomic E-state index is 0. The molecular formula is C27H33Cl3N6O3. The van der Waals surface area contributed by atoms with Crippen molar-refractivity contribution in [3.63, 3.8) is 0 Å². The van der Waals surface area contributed by atoms with Crippen LogP contribution in [-0.2, 0) is 9.59 Å². The van der Waals surface area contributed by atoms with Crippen LogP contribution < -0.4 is 20.7 Å². The third-order valence-electron chi connectivity index (χ3n) is 5.91. The highest BCUT2D eigenvalue weighted by atomic mass is 35.5. The second kappa shape index (κ2) is 16.1. The van der Waals surface area contributed by atoms with Gasteiger partial charge in [0.25, 0.3) is 0 Å². The topological polar surface area (TPSA) is 108 Å². The smallest absolute Gasteiger partial charge is 0.239 e. The first kappa shape index (κ1) is 32.1. The van der Waals surface area contributed by atoms with E-state index in [0.717, 1.165) is 42.9 Å². The Bertz CT molecular complexity index is 1220.